The summed E-state index contributed by atoms with van der Waals surface area (Å²) in [5.41, 5.74) is 2.51. The lowest BCUT2D eigenvalue weighted by atomic mass is 9.91. The van der Waals surface area contributed by atoms with E-state index >= 15 is 0 Å². The summed E-state index contributed by atoms with van der Waals surface area (Å²) in [6.07, 6.45) is 7.87. The number of benzene rings is 1. The number of rotatable bonds is 11. The van der Waals surface area contributed by atoms with Gasteiger partial charge in [0.05, 0.1) is 12.3 Å². The predicted octanol–water partition coefficient (Wildman–Crippen LogP) is 6.26. The first-order valence-corrected chi connectivity index (χ1v) is 12.1. The number of halogens is 1. The molecule has 2 heterocycles. The van der Waals surface area contributed by atoms with Gasteiger partial charge in [-0.2, -0.15) is 0 Å². The Balaban J connectivity index is 1.47. The summed E-state index contributed by atoms with van der Waals surface area (Å²) in [4.78, 5) is 13.9. The van der Waals surface area contributed by atoms with E-state index in [1.54, 1.807) is 18.2 Å². The molecule has 0 saturated carbocycles. The number of likely N-dealkylation sites (tertiary alicyclic amines) is 1. The van der Waals surface area contributed by atoms with E-state index < -0.39 is 0 Å². The van der Waals surface area contributed by atoms with Gasteiger partial charge in [0.1, 0.15) is 17.3 Å². The number of carbonyl (C=O) groups is 1. The van der Waals surface area contributed by atoms with E-state index in [1.165, 1.54) is 19.1 Å². The Kier molecular flexibility index (Phi) is 9.45. The van der Waals surface area contributed by atoms with Crippen molar-refractivity contribution in [3.8, 4) is 0 Å². The van der Waals surface area contributed by atoms with Crippen molar-refractivity contribution in [1.29, 1.82) is 0 Å². The van der Waals surface area contributed by atoms with E-state index in [9.17, 15) is 9.18 Å². The van der Waals surface area contributed by atoms with Crippen molar-refractivity contribution >= 4 is 16.9 Å². The largest absolute Gasteiger partial charge is 0.493 e. The molecule has 0 unspecified atom stereocenters. The molecule has 3 rings (SSSR count). The average Bonchev–Trinajstić information content (AvgIpc) is 3.24. The number of nitrogens with zero attached hydrogens (tertiary/aromatic N) is 2. The van der Waals surface area contributed by atoms with Crippen LogP contribution in [-0.2, 0) is 14.3 Å². The fourth-order valence-electron chi connectivity index (χ4n) is 4.38. The van der Waals surface area contributed by atoms with Gasteiger partial charge in [0.2, 0.25) is 0 Å². The highest BCUT2D eigenvalue weighted by atomic mass is 19.1. The monoisotopic (exact) mass is 470 g/mol. The lowest BCUT2D eigenvalue weighted by molar-refractivity contribution is -0.136. The summed E-state index contributed by atoms with van der Waals surface area (Å²) >= 11 is 0. The highest BCUT2D eigenvalue weighted by molar-refractivity contribution is 5.79. The molecule has 0 radical (unpaired) electrons. The van der Waals surface area contributed by atoms with Crippen molar-refractivity contribution in [2.45, 2.75) is 58.8 Å². The van der Waals surface area contributed by atoms with Crippen LogP contribution in [0.25, 0.3) is 11.0 Å². The Bertz CT molecular complexity index is 1040. The van der Waals surface area contributed by atoms with Crippen LogP contribution >= 0.6 is 0 Å². The molecule has 0 aliphatic carbocycles. The van der Waals surface area contributed by atoms with Crippen LogP contribution in [0.3, 0.4) is 0 Å². The van der Waals surface area contributed by atoms with E-state index in [0.29, 0.717) is 29.6 Å². The molecule has 1 aliphatic heterocycles. The molecule has 1 saturated heterocycles. The highest BCUT2D eigenvalue weighted by Gasteiger charge is 2.25. The van der Waals surface area contributed by atoms with Crippen molar-refractivity contribution < 1.29 is 23.2 Å². The zero-order valence-electron chi connectivity index (χ0n) is 20.4. The number of ether oxygens (including phenoxy) is 2. The molecular weight excluding hydrogens is 435 g/mol. The second kappa shape index (κ2) is 12.5. The van der Waals surface area contributed by atoms with Crippen LogP contribution in [0, 0.1) is 5.82 Å². The van der Waals surface area contributed by atoms with Crippen molar-refractivity contribution in [3.05, 3.63) is 65.5 Å². The van der Waals surface area contributed by atoms with Crippen molar-refractivity contribution in [2.75, 3.05) is 26.2 Å². The zero-order chi connectivity index (χ0) is 24.5. The molecule has 1 fully saturated rings. The predicted molar refractivity (Wildman–Crippen MR) is 131 cm³/mol. The first kappa shape index (κ1) is 25.7. The van der Waals surface area contributed by atoms with Gasteiger partial charge in [0.25, 0.3) is 0 Å². The van der Waals surface area contributed by atoms with Gasteiger partial charge in [0.15, 0.2) is 5.58 Å². The lowest BCUT2D eigenvalue weighted by Crippen LogP contribution is -2.34. The Morgan fingerprint density at radius 2 is 2.03 bits per heavy atom. The third kappa shape index (κ3) is 6.79. The maximum Gasteiger partial charge on any atom is 0.308 e. The van der Waals surface area contributed by atoms with Gasteiger partial charge < -0.3 is 18.9 Å². The zero-order valence-corrected chi connectivity index (χ0v) is 20.4. The molecule has 2 aromatic rings. The number of hydrogen-bond donors (Lipinski definition) is 0. The molecule has 34 heavy (non-hydrogen) atoms. The van der Waals surface area contributed by atoms with Gasteiger partial charge >= 0.3 is 5.97 Å². The van der Waals surface area contributed by atoms with Gasteiger partial charge in [-0.15, -0.1) is 0 Å². The minimum atomic E-state index is -0.344. The standard InChI is InChI=1S/C27H35FN2O4/c1-5-20(6-2)25(33-19(4)31)18-23(7-3)32-16-8-13-30-14-11-21(12-15-30)27-24-10-9-22(28)17-26(24)34-29-27/h7,9-10,17-18,21H,3,5-6,8,11-16H2,1-2,4H3/b23-18+. The lowest BCUT2D eigenvalue weighted by Gasteiger charge is -2.31. The van der Waals surface area contributed by atoms with Gasteiger partial charge in [-0.3, -0.25) is 4.79 Å². The molecule has 0 bridgehead atoms. The molecule has 1 aromatic carbocycles. The smallest absolute Gasteiger partial charge is 0.308 e. The first-order chi connectivity index (χ1) is 16.4. The number of hydrogen-bond acceptors (Lipinski definition) is 6. The summed E-state index contributed by atoms with van der Waals surface area (Å²) in [6.45, 7) is 12.7. The maximum absolute atomic E-state index is 13.4. The fraction of sp³-hybridized carbons (Fsp3) is 0.481. The Morgan fingerprint density at radius 3 is 2.68 bits per heavy atom. The number of esters is 1. The molecule has 1 aliphatic rings. The van der Waals surface area contributed by atoms with Crippen LogP contribution in [0.5, 0.6) is 0 Å². The maximum atomic E-state index is 13.4. The first-order valence-electron chi connectivity index (χ1n) is 12.1. The van der Waals surface area contributed by atoms with E-state index in [4.69, 9.17) is 14.0 Å². The van der Waals surface area contributed by atoms with E-state index in [-0.39, 0.29) is 11.8 Å². The van der Waals surface area contributed by atoms with Crippen LogP contribution < -0.4 is 0 Å². The van der Waals surface area contributed by atoms with E-state index in [0.717, 1.165) is 68.4 Å². The topological polar surface area (TPSA) is 64.8 Å². The highest BCUT2D eigenvalue weighted by Crippen LogP contribution is 2.32. The van der Waals surface area contributed by atoms with Gasteiger partial charge in [-0.1, -0.05) is 25.6 Å². The number of piperidine rings is 1. The quantitative estimate of drug-likeness (QED) is 0.167. The van der Waals surface area contributed by atoms with E-state index in [2.05, 4.69) is 16.6 Å². The number of allylic oxidation sites excluding steroid dienone is 3. The molecule has 6 nitrogen and oxygen atoms in total. The van der Waals surface area contributed by atoms with Crippen molar-refractivity contribution in [1.82, 2.24) is 10.1 Å². The molecular formula is C27H35FN2O4. The fourth-order valence-corrected chi connectivity index (χ4v) is 4.38. The molecule has 1 aromatic heterocycles. The Morgan fingerprint density at radius 1 is 1.29 bits per heavy atom. The normalized spacial score (nSPS) is 15.4. The molecule has 0 atom stereocenters. The summed E-state index contributed by atoms with van der Waals surface area (Å²) in [5, 5.41) is 5.14. The van der Waals surface area contributed by atoms with Gasteiger partial charge in [-0.05, 0) is 69.0 Å². The Hall–Kier alpha value is -2.93. The second-order valence-electron chi connectivity index (χ2n) is 8.55. The van der Waals surface area contributed by atoms with Crippen LogP contribution in [0.2, 0.25) is 0 Å². The third-order valence-electron chi connectivity index (χ3n) is 6.25. The van der Waals surface area contributed by atoms with Gasteiger partial charge in [-0.25, -0.2) is 4.39 Å². The summed E-state index contributed by atoms with van der Waals surface area (Å²) in [6, 6.07) is 4.61. The summed E-state index contributed by atoms with van der Waals surface area (Å²) in [7, 11) is 0. The molecule has 7 heteroatoms. The molecule has 184 valence electrons. The molecule has 0 amide bonds. The van der Waals surface area contributed by atoms with Crippen molar-refractivity contribution in [3.63, 3.8) is 0 Å². The average molecular weight is 471 g/mol. The van der Waals surface area contributed by atoms with Crippen molar-refractivity contribution in [2.24, 2.45) is 0 Å². The second-order valence-corrected chi connectivity index (χ2v) is 8.55. The number of fused-ring (bicyclic) bond motifs is 1. The molecule has 0 N–H and O–H groups in total. The minimum absolute atomic E-state index is 0.309. The SMILES string of the molecule is C=C/C(=C\C(OC(C)=O)=C(CC)CC)OCCCN1CCC(c2noc3cc(F)ccc23)CC1. The van der Waals surface area contributed by atoms with Crippen LogP contribution in [0.1, 0.15) is 64.5 Å². The third-order valence-corrected chi connectivity index (χ3v) is 6.25. The minimum Gasteiger partial charge on any atom is -0.493 e. The van der Waals surface area contributed by atoms with Gasteiger partial charge in [0, 0.05) is 36.9 Å². The summed E-state index contributed by atoms with van der Waals surface area (Å²) in [5.74, 6) is 0.827. The van der Waals surface area contributed by atoms with Crippen LogP contribution in [0.4, 0.5) is 4.39 Å². The molecule has 0 spiro atoms. The van der Waals surface area contributed by atoms with Crippen LogP contribution in [-0.4, -0.2) is 42.3 Å². The number of aromatic nitrogens is 1. The summed E-state index contributed by atoms with van der Waals surface area (Å²) < 4.78 is 30.0. The number of carbonyl (C=O) groups excluding carboxylic acids is 1. The Labute approximate surface area is 201 Å². The van der Waals surface area contributed by atoms with E-state index in [1.807, 2.05) is 13.8 Å². The van der Waals surface area contributed by atoms with Crippen LogP contribution in [0.15, 0.2) is 58.5 Å².